The van der Waals surface area contributed by atoms with Crippen molar-refractivity contribution in [1.82, 2.24) is 10.2 Å². The van der Waals surface area contributed by atoms with Crippen molar-refractivity contribution >= 4 is 11.9 Å². The van der Waals surface area contributed by atoms with E-state index in [1.165, 1.54) is 18.2 Å². The first kappa shape index (κ1) is 17.1. The van der Waals surface area contributed by atoms with Gasteiger partial charge in [-0.25, -0.2) is 9.18 Å². The van der Waals surface area contributed by atoms with Crippen LogP contribution in [0.1, 0.15) is 30.6 Å². The predicted molar refractivity (Wildman–Crippen MR) is 90.0 cm³/mol. The van der Waals surface area contributed by atoms with E-state index in [2.05, 4.69) is 5.32 Å². The van der Waals surface area contributed by atoms with Crippen LogP contribution < -0.4 is 5.32 Å². The molecule has 0 bridgehead atoms. The number of amides is 3. The lowest BCUT2D eigenvalue weighted by Gasteiger charge is -2.26. The van der Waals surface area contributed by atoms with Crippen LogP contribution in [0.15, 0.2) is 54.6 Å². The highest BCUT2D eigenvalue weighted by molar-refractivity contribution is 6.07. The largest absolute Gasteiger partial charge is 0.386 e. The Morgan fingerprint density at radius 3 is 2.40 bits per heavy atom. The molecule has 1 aliphatic heterocycles. The summed E-state index contributed by atoms with van der Waals surface area (Å²) in [4.78, 5) is 26.3. The van der Waals surface area contributed by atoms with Gasteiger partial charge in [-0.2, -0.15) is 0 Å². The number of hydrogen-bond acceptors (Lipinski definition) is 3. The quantitative estimate of drug-likeness (QED) is 0.821. The van der Waals surface area contributed by atoms with Crippen molar-refractivity contribution in [3.05, 3.63) is 71.5 Å². The van der Waals surface area contributed by atoms with Crippen LogP contribution in [0.25, 0.3) is 0 Å². The number of hydrogen-bond donors (Lipinski definition) is 2. The smallest absolute Gasteiger partial charge is 0.325 e. The van der Waals surface area contributed by atoms with Gasteiger partial charge in [0, 0.05) is 5.56 Å². The second-order valence-electron chi connectivity index (χ2n) is 6.01. The maximum absolute atomic E-state index is 13.8. The molecule has 2 N–H and O–H groups in total. The fourth-order valence-electron chi connectivity index (χ4n) is 3.17. The van der Waals surface area contributed by atoms with Gasteiger partial charge in [0.15, 0.2) is 0 Å². The van der Waals surface area contributed by atoms with Gasteiger partial charge >= 0.3 is 6.03 Å². The molecule has 1 saturated heterocycles. The molecule has 1 heterocycles. The van der Waals surface area contributed by atoms with Crippen molar-refractivity contribution < 1.29 is 19.1 Å². The standard InChI is InChI=1S/C19H19FN2O3/c1-2-19(13-8-4-3-5-9-13)17(24)22(18(25)21-19)12-16(23)14-10-6-7-11-15(14)20/h3-11,16,23H,2,12H2,1H3,(H,21,25)/t16-,19-/m1/s1. The Kier molecular flexibility index (Phi) is 4.55. The van der Waals surface area contributed by atoms with Gasteiger partial charge in [0.05, 0.1) is 12.6 Å². The second kappa shape index (κ2) is 6.64. The normalized spacial score (nSPS) is 21.3. The number of nitrogens with zero attached hydrogens (tertiary/aromatic N) is 1. The third-order valence-corrected chi connectivity index (χ3v) is 4.59. The first-order chi connectivity index (χ1) is 12.0. The Balaban J connectivity index is 1.88. The zero-order valence-corrected chi connectivity index (χ0v) is 13.8. The summed E-state index contributed by atoms with van der Waals surface area (Å²) in [6.45, 7) is 1.50. The van der Waals surface area contributed by atoms with Crippen molar-refractivity contribution in [2.24, 2.45) is 0 Å². The molecule has 0 saturated carbocycles. The first-order valence-electron chi connectivity index (χ1n) is 8.11. The van der Waals surface area contributed by atoms with Crippen molar-refractivity contribution in [2.75, 3.05) is 6.54 Å². The Hall–Kier alpha value is -2.73. The van der Waals surface area contributed by atoms with Gasteiger partial charge in [-0.05, 0) is 18.1 Å². The number of benzene rings is 2. The number of aliphatic hydroxyl groups excluding tert-OH is 1. The minimum absolute atomic E-state index is 0.0526. The predicted octanol–water partition coefficient (Wildman–Crippen LogP) is 2.72. The maximum Gasteiger partial charge on any atom is 0.325 e. The Morgan fingerprint density at radius 2 is 1.76 bits per heavy atom. The zero-order chi connectivity index (χ0) is 18.0. The summed E-state index contributed by atoms with van der Waals surface area (Å²) in [7, 11) is 0. The van der Waals surface area contributed by atoms with Crippen LogP contribution in [0.5, 0.6) is 0 Å². The van der Waals surface area contributed by atoms with E-state index in [4.69, 9.17) is 0 Å². The average molecular weight is 342 g/mol. The SMILES string of the molecule is CC[C@]1(c2ccccc2)NC(=O)N(C[C@@H](O)c2ccccc2F)C1=O. The average Bonchev–Trinajstić information content (AvgIpc) is 2.88. The molecule has 1 aliphatic rings. The van der Waals surface area contributed by atoms with E-state index in [0.29, 0.717) is 12.0 Å². The highest BCUT2D eigenvalue weighted by Gasteiger charge is 2.51. The zero-order valence-electron chi connectivity index (χ0n) is 13.8. The Labute approximate surface area is 145 Å². The second-order valence-corrected chi connectivity index (χ2v) is 6.01. The van der Waals surface area contributed by atoms with E-state index >= 15 is 0 Å². The van der Waals surface area contributed by atoms with Gasteiger partial charge in [-0.3, -0.25) is 9.69 Å². The molecular weight excluding hydrogens is 323 g/mol. The molecule has 0 radical (unpaired) electrons. The van der Waals surface area contributed by atoms with E-state index in [0.717, 1.165) is 4.90 Å². The molecule has 0 aliphatic carbocycles. The fraction of sp³-hybridized carbons (Fsp3) is 0.263. The minimum atomic E-state index is -1.29. The third-order valence-electron chi connectivity index (χ3n) is 4.59. The van der Waals surface area contributed by atoms with Crippen molar-refractivity contribution in [1.29, 1.82) is 0 Å². The van der Waals surface area contributed by atoms with Crippen LogP contribution in [0.2, 0.25) is 0 Å². The van der Waals surface area contributed by atoms with E-state index in [-0.39, 0.29) is 12.1 Å². The Morgan fingerprint density at radius 1 is 1.12 bits per heavy atom. The van der Waals surface area contributed by atoms with Crippen LogP contribution in [0.4, 0.5) is 9.18 Å². The molecule has 2 aromatic rings. The molecule has 0 aromatic heterocycles. The molecule has 130 valence electrons. The lowest BCUT2D eigenvalue weighted by atomic mass is 9.87. The summed E-state index contributed by atoms with van der Waals surface area (Å²) < 4.78 is 13.8. The van der Waals surface area contributed by atoms with Crippen molar-refractivity contribution in [3.63, 3.8) is 0 Å². The Bertz CT molecular complexity index is 796. The molecule has 3 amide bonds. The maximum atomic E-state index is 13.8. The van der Waals surface area contributed by atoms with Gasteiger partial charge in [0.2, 0.25) is 0 Å². The molecule has 6 heteroatoms. The molecule has 2 atom stereocenters. The van der Waals surface area contributed by atoms with E-state index in [1.807, 2.05) is 13.0 Å². The van der Waals surface area contributed by atoms with Crippen LogP contribution in [-0.2, 0) is 10.3 Å². The summed E-state index contributed by atoms with van der Waals surface area (Å²) in [5.74, 6) is -1.02. The lowest BCUT2D eigenvalue weighted by Crippen LogP contribution is -2.43. The van der Waals surface area contributed by atoms with Crippen molar-refractivity contribution in [3.8, 4) is 0 Å². The van der Waals surface area contributed by atoms with Gasteiger partial charge in [-0.1, -0.05) is 55.5 Å². The fourth-order valence-corrected chi connectivity index (χ4v) is 3.17. The number of imide groups is 1. The number of aliphatic hydroxyl groups is 1. The number of carbonyl (C=O) groups is 2. The number of rotatable bonds is 5. The number of urea groups is 1. The summed E-state index contributed by atoms with van der Waals surface area (Å²) in [5.41, 5.74) is -0.427. The molecule has 0 unspecified atom stereocenters. The molecule has 25 heavy (non-hydrogen) atoms. The van der Waals surface area contributed by atoms with E-state index in [1.54, 1.807) is 30.3 Å². The van der Waals surface area contributed by atoms with Gasteiger partial charge in [0.25, 0.3) is 5.91 Å². The van der Waals surface area contributed by atoms with E-state index in [9.17, 15) is 19.1 Å². The molecule has 2 aromatic carbocycles. The third kappa shape index (κ3) is 2.89. The van der Waals surface area contributed by atoms with Crippen LogP contribution in [0.3, 0.4) is 0 Å². The van der Waals surface area contributed by atoms with Crippen LogP contribution >= 0.6 is 0 Å². The van der Waals surface area contributed by atoms with Crippen LogP contribution in [0, 0.1) is 5.82 Å². The number of halogens is 1. The molecular formula is C19H19FN2O3. The monoisotopic (exact) mass is 342 g/mol. The van der Waals surface area contributed by atoms with Crippen molar-refractivity contribution in [2.45, 2.75) is 25.0 Å². The first-order valence-corrected chi connectivity index (χ1v) is 8.11. The highest BCUT2D eigenvalue weighted by Crippen LogP contribution is 2.33. The topological polar surface area (TPSA) is 69.6 Å². The van der Waals surface area contributed by atoms with Gasteiger partial charge in [0.1, 0.15) is 11.4 Å². The number of nitrogens with one attached hydrogen (secondary N) is 1. The molecule has 3 rings (SSSR count). The molecule has 0 spiro atoms. The van der Waals surface area contributed by atoms with Gasteiger partial charge in [-0.15, -0.1) is 0 Å². The summed E-state index contributed by atoms with van der Waals surface area (Å²) in [6.07, 6.45) is -0.923. The number of carbonyl (C=O) groups excluding carboxylic acids is 2. The molecule has 5 nitrogen and oxygen atoms in total. The summed E-state index contributed by atoms with van der Waals surface area (Å²) in [5, 5.41) is 13.0. The summed E-state index contributed by atoms with van der Waals surface area (Å²) in [6, 6.07) is 14.1. The van der Waals surface area contributed by atoms with Gasteiger partial charge < -0.3 is 10.4 Å². The summed E-state index contributed by atoms with van der Waals surface area (Å²) >= 11 is 0. The lowest BCUT2D eigenvalue weighted by molar-refractivity contribution is -0.132. The highest BCUT2D eigenvalue weighted by atomic mass is 19.1. The minimum Gasteiger partial charge on any atom is -0.386 e. The number of β-amino-alcohol motifs (C(OH)–C–C–N with tert-alkyl or cyclic N) is 1. The van der Waals surface area contributed by atoms with E-state index < -0.39 is 29.4 Å². The van der Waals surface area contributed by atoms with Crippen LogP contribution in [-0.4, -0.2) is 28.5 Å². The molecule has 1 fully saturated rings.